The van der Waals surface area contributed by atoms with Gasteiger partial charge in [-0.2, -0.15) is 0 Å². The van der Waals surface area contributed by atoms with Crippen LogP contribution in [0, 0.1) is 5.92 Å². The van der Waals surface area contributed by atoms with Crippen LogP contribution in [0.1, 0.15) is 19.8 Å². The molecule has 0 aromatic carbocycles. The molecule has 0 unspecified atom stereocenters. The van der Waals surface area contributed by atoms with Crippen LogP contribution in [-0.4, -0.2) is 68.3 Å². The van der Waals surface area contributed by atoms with Gasteiger partial charge in [0.1, 0.15) is 0 Å². The highest BCUT2D eigenvalue weighted by atomic mass is 16.5. The van der Waals surface area contributed by atoms with Crippen LogP contribution >= 0.6 is 0 Å². The standard InChI is InChI=1S/C13H25N3O2/c1-10-12(5-7-18-10)14-13(17)16-6-4-11(9-16)8-15(2)3/h10-12H,4-9H2,1-3H3,(H,14,17)/t10-,11-,12+/m0/s1. The van der Waals surface area contributed by atoms with Crippen LogP contribution in [0.15, 0.2) is 0 Å². The van der Waals surface area contributed by atoms with E-state index in [0.717, 1.165) is 39.1 Å². The third-order valence-electron chi connectivity index (χ3n) is 3.88. The second kappa shape index (κ2) is 5.89. The van der Waals surface area contributed by atoms with Crippen molar-refractivity contribution in [1.29, 1.82) is 0 Å². The van der Waals surface area contributed by atoms with E-state index in [4.69, 9.17) is 4.74 Å². The molecule has 5 nitrogen and oxygen atoms in total. The SMILES string of the molecule is C[C@@H]1OCC[C@H]1NC(=O)N1CC[C@@H](CN(C)C)C1. The molecule has 0 aromatic rings. The van der Waals surface area contributed by atoms with Gasteiger partial charge in [0.15, 0.2) is 0 Å². The number of carbonyl (C=O) groups is 1. The highest BCUT2D eigenvalue weighted by molar-refractivity contribution is 5.74. The molecule has 3 atom stereocenters. The quantitative estimate of drug-likeness (QED) is 0.809. The number of urea groups is 1. The minimum absolute atomic E-state index is 0.0820. The van der Waals surface area contributed by atoms with Crippen LogP contribution in [0.25, 0.3) is 0 Å². The summed E-state index contributed by atoms with van der Waals surface area (Å²) in [6.07, 6.45) is 2.19. The van der Waals surface area contributed by atoms with Gasteiger partial charge in [0.25, 0.3) is 0 Å². The van der Waals surface area contributed by atoms with Crippen LogP contribution in [0.2, 0.25) is 0 Å². The molecule has 0 radical (unpaired) electrons. The minimum Gasteiger partial charge on any atom is -0.376 e. The van der Waals surface area contributed by atoms with Crippen LogP contribution in [0.5, 0.6) is 0 Å². The van der Waals surface area contributed by atoms with Gasteiger partial charge in [-0.15, -0.1) is 0 Å². The lowest BCUT2D eigenvalue weighted by Crippen LogP contribution is -2.46. The fourth-order valence-corrected chi connectivity index (χ4v) is 2.85. The highest BCUT2D eigenvalue weighted by Crippen LogP contribution is 2.18. The number of likely N-dealkylation sites (tertiary alicyclic amines) is 1. The molecule has 104 valence electrons. The summed E-state index contributed by atoms with van der Waals surface area (Å²) in [5.41, 5.74) is 0. The largest absolute Gasteiger partial charge is 0.376 e. The maximum Gasteiger partial charge on any atom is 0.317 e. The van der Waals surface area contributed by atoms with Crippen molar-refractivity contribution in [3.8, 4) is 0 Å². The number of carbonyl (C=O) groups excluding carboxylic acids is 1. The normalized spacial score (nSPS) is 32.2. The molecule has 18 heavy (non-hydrogen) atoms. The molecule has 0 spiro atoms. The summed E-state index contributed by atoms with van der Waals surface area (Å²) in [6, 6.07) is 0.268. The first-order chi connectivity index (χ1) is 8.56. The number of amides is 2. The number of hydrogen-bond acceptors (Lipinski definition) is 3. The molecular weight excluding hydrogens is 230 g/mol. The zero-order valence-corrected chi connectivity index (χ0v) is 11.7. The van der Waals surface area contributed by atoms with Crippen LogP contribution in [0.4, 0.5) is 4.79 Å². The lowest BCUT2D eigenvalue weighted by atomic mass is 10.1. The molecule has 2 amide bonds. The lowest BCUT2D eigenvalue weighted by molar-refractivity contribution is 0.112. The summed E-state index contributed by atoms with van der Waals surface area (Å²) < 4.78 is 5.46. The number of nitrogens with one attached hydrogen (secondary N) is 1. The summed E-state index contributed by atoms with van der Waals surface area (Å²) in [6.45, 7) is 5.61. The molecule has 0 aromatic heterocycles. The van der Waals surface area contributed by atoms with Gasteiger partial charge >= 0.3 is 6.03 Å². The molecule has 2 aliphatic heterocycles. The van der Waals surface area contributed by atoms with Crippen molar-refractivity contribution < 1.29 is 9.53 Å². The van der Waals surface area contributed by atoms with Gasteiger partial charge in [-0.25, -0.2) is 4.79 Å². The third-order valence-corrected chi connectivity index (χ3v) is 3.88. The van der Waals surface area contributed by atoms with E-state index in [-0.39, 0.29) is 18.2 Å². The molecule has 2 heterocycles. The van der Waals surface area contributed by atoms with Gasteiger partial charge in [-0.1, -0.05) is 0 Å². The van der Waals surface area contributed by atoms with E-state index in [1.54, 1.807) is 0 Å². The molecule has 2 rings (SSSR count). The molecule has 5 heteroatoms. The average Bonchev–Trinajstić information content (AvgIpc) is 2.88. The maximum atomic E-state index is 12.1. The zero-order valence-electron chi connectivity index (χ0n) is 11.7. The van der Waals surface area contributed by atoms with E-state index in [9.17, 15) is 4.79 Å². The Morgan fingerprint density at radius 2 is 2.22 bits per heavy atom. The summed E-state index contributed by atoms with van der Waals surface area (Å²) in [5.74, 6) is 0.614. The Bertz CT molecular complexity index is 296. The second-order valence-corrected chi connectivity index (χ2v) is 5.78. The fraction of sp³-hybridized carbons (Fsp3) is 0.923. The van der Waals surface area contributed by atoms with E-state index in [2.05, 4.69) is 24.3 Å². The average molecular weight is 255 g/mol. The Balaban J connectivity index is 1.76. The molecular formula is C13H25N3O2. The van der Waals surface area contributed by atoms with E-state index in [1.165, 1.54) is 0 Å². The first-order valence-corrected chi connectivity index (χ1v) is 6.88. The Hall–Kier alpha value is -0.810. The first kappa shape index (κ1) is 13.6. The number of hydrogen-bond donors (Lipinski definition) is 1. The smallest absolute Gasteiger partial charge is 0.317 e. The highest BCUT2D eigenvalue weighted by Gasteiger charge is 2.30. The number of nitrogens with zero attached hydrogens (tertiary/aromatic N) is 2. The van der Waals surface area contributed by atoms with Crippen molar-refractivity contribution in [1.82, 2.24) is 15.1 Å². The van der Waals surface area contributed by atoms with Crippen molar-refractivity contribution in [2.75, 3.05) is 40.3 Å². The summed E-state index contributed by atoms with van der Waals surface area (Å²) >= 11 is 0. The lowest BCUT2D eigenvalue weighted by Gasteiger charge is -2.22. The number of rotatable bonds is 3. The molecule has 0 aliphatic carbocycles. The van der Waals surface area contributed by atoms with Crippen LogP contribution in [-0.2, 0) is 4.74 Å². The Morgan fingerprint density at radius 1 is 1.44 bits per heavy atom. The van der Waals surface area contributed by atoms with E-state index >= 15 is 0 Å². The Labute approximate surface area is 109 Å². The molecule has 2 aliphatic rings. The zero-order chi connectivity index (χ0) is 13.1. The van der Waals surface area contributed by atoms with Crippen LogP contribution in [0.3, 0.4) is 0 Å². The monoisotopic (exact) mass is 255 g/mol. The van der Waals surface area contributed by atoms with Crippen molar-refractivity contribution >= 4 is 6.03 Å². The fourth-order valence-electron chi connectivity index (χ4n) is 2.85. The van der Waals surface area contributed by atoms with Gasteiger partial charge in [0.2, 0.25) is 0 Å². The van der Waals surface area contributed by atoms with Gasteiger partial charge in [-0.05, 0) is 39.8 Å². The van der Waals surface area contributed by atoms with Crippen molar-refractivity contribution in [3.63, 3.8) is 0 Å². The summed E-state index contributed by atoms with van der Waals surface area (Å²) in [4.78, 5) is 16.3. The first-order valence-electron chi connectivity index (χ1n) is 6.88. The van der Waals surface area contributed by atoms with Crippen molar-refractivity contribution in [2.45, 2.75) is 31.9 Å². The summed E-state index contributed by atoms with van der Waals surface area (Å²) in [7, 11) is 4.17. The van der Waals surface area contributed by atoms with Gasteiger partial charge in [0.05, 0.1) is 12.1 Å². The second-order valence-electron chi connectivity index (χ2n) is 5.78. The molecule has 2 saturated heterocycles. The van der Waals surface area contributed by atoms with E-state index in [0.29, 0.717) is 5.92 Å². The minimum atomic E-state index is 0.0820. The van der Waals surface area contributed by atoms with Gasteiger partial charge in [0, 0.05) is 26.2 Å². The maximum absolute atomic E-state index is 12.1. The molecule has 0 saturated carbocycles. The van der Waals surface area contributed by atoms with Crippen molar-refractivity contribution in [2.24, 2.45) is 5.92 Å². The van der Waals surface area contributed by atoms with E-state index in [1.807, 2.05) is 11.8 Å². The van der Waals surface area contributed by atoms with Crippen LogP contribution < -0.4 is 5.32 Å². The third kappa shape index (κ3) is 3.36. The topological polar surface area (TPSA) is 44.8 Å². The Morgan fingerprint density at radius 3 is 2.83 bits per heavy atom. The predicted molar refractivity (Wildman–Crippen MR) is 70.6 cm³/mol. The van der Waals surface area contributed by atoms with Crippen molar-refractivity contribution in [3.05, 3.63) is 0 Å². The predicted octanol–water partition coefficient (Wildman–Crippen LogP) is 0.757. The van der Waals surface area contributed by atoms with E-state index < -0.39 is 0 Å². The summed E-state index contributed by atoms with van der Waals surface area (Å²) in [5, 5.41) is 3.09. The Kier molecular flexibility index (Phi) is 4.45. The molecule has 2 fully saturated rings. The molecule has 0 bridgehead atoms. The molecule has 1 N–H and O–H groups in total. The van der Waals surface area contributed by atoms with Gasteiger partial charge < -0.3 is 19.9 Å². The number of ether oxygens (including phenoxy) is 1. The van der Waals surface area contributed by atoms with Gasteiger partial charge in [-0.3, -0.25) is 0 Å².